The lowest BCUT2D eigenvalue weighted by molar-refractivity contribution is -0.135. The molecule has 2 aliphatic rings. The molecular formula is C34H46FN9O5. The van der Waals surface area contributed by atoms with E-state index < -0.39 is 41.5 Å². The van der Waals surface area contributed by atoms with Gasteiger partial charge in [-0.3, -0.25) is 23.9 Å². The third-order valence-corrected chi connectivity index (χ3v) is 9.91. The Morgan fingerprint density at radius 2 is 1.69 bits per heavy atom. The van der Waals surface area contributed by atoms with Gasteiger partial charge in [0, 0.05) is 45.3 Å². The number of piperazine rings is 1. The van der Waals surface area contributed by atoms with E-state index in [-0.39, 0.29) is 28.9 Å². The largest absolute Gasteiger partial charge is 0.338 e. The highest BCUT2D eigenvalue weighted by atomic mass is 19.1. The van der Waals surface area contributed by atoms with Crippen LogP contribution in [0.3, 0.4) is 0 Å². The van der Waals surface area contributed by atoms with Crippen LogP contribution in [0.1, 0.15) is 84.6 Å². The monoisotopic (exact) mass is 679 g/mol. The zero-order valence-corrected chi connectivity index (χ0v) is 28.7. The molecule has 3 heterocycles. The number of aryl methyl sites for hydroxylation is 2. The average Bonchev–Trinajstić information content (AvgIpc) is 3.76. The number of benzene rings is 1. The van der Waals surface area contributed by atoms with E-state index in [1.165, 1.54) is 23.0 Å². The summed E-state index contributed by atoms with van der Waals surface area (Å²) < 4.78 is 22.0. The summed E-state index contributed by atoms with van der Waals surface area (Å²) in [6.45, 7) is 8.13. The van der Waals surface area contributed by atoms with E-state index in [1.54, 1.807) is 31.0 Å². The zero-order valence-electron chi connectivity index (χ0n) is 28.7. The third-order valence-electron chi connectivity index (χ3n) is 9.91. The molecule has 1 aromatic carbocycles. The van der Waals surface area contributed by atoms with Crippen LogP contribution >= 0.6 is 0 Å². The van der Waals surface area contributed by atoms with Gasteiger partial charge in [0.2, 0.25) is 11.8 Å². The number of likely N-dealkylation sites (N-methyl/N-ethyl adjacent to an activating group) is 1. The molecule has 5 rings (SSSR count). The van der Waals surface area contributed by atoms with Crippen molar-refractivity contribution in [3.63, 3.8) is 0 Å². The fourth-order valence-electron chi connectivity index (χ4n) is 6.59. The van der Waals surface area contributed by atoms with Gasteiger partial charge in [-0.2, -0.15) is 5.10 Å². The Balaban J connectivity index is 1.35. The van der Waals surface area contributed by atoms with E-state index in [2.05, 4.69) is 43.2 Å². The molecule has 0 spiro atoms. The van der Waals surface area contributed by atoms with Gasteiger partial charge in [0.15, 0.2) is 5.69 Å². The van der Waals surface area contributed by atoms with Crippen molar-refractivity contribution in [2.24, 2.45) is 18.9 Å². The van der Waals surface area contributed by atoms with Crippen molar-refractivity contribution in [3.05, 3.63) is 58.9 Å². The molecule has 14 nitrogen and oxygen atoms in total. The number of halogens is 1. The van der Waals surface area contributed by atoms with Gasteiger partial charge in [-0.1, -0.05) is 44.8 Å². The highest BCUT2D eigenvalue weighted by Crippen LogP contribution is 2.32. The molecular weight excluding hydrogens is 633 g/mol. The van der Waals surface area contributed by atoms with Gasteiger partial charge in [0.25, 0.3) is 11.8 Å². The maximum atomic E-state index is 15.8. The average molecular weight is 680 g/mol. The first kappa shape index (κ1) is 35.6. The number of carbonyl (C=O) groups is 4. The molecule has 1 aliphatic carbocycles. The van der Waals surface area contributed by atoms with Crippen LogP contribution in [0, 0.1) is 17.7 Å². The normalized spacial score (nSPS) is 20.2. The van der Waals surface area contributed by atoms with E-state index >= 15 is 4.39 Å². The summed E-state index contributed by atoms with van der Waals surface area (Å²) >= 11 is 0. The summed E-state index contributed by atoms with van der Waals surface area (Å²) in [5, 5.41) is 19.9. The van der Waals surface area contributed by atoms with Gasteiger partial charge in [0.05, 0.1) is 5.69 Å². The predicted molar refractivity (Wildman–Crippen MR) is 178 cm³/mol. The second-order valence-electron chi connectivity index (χ2n) is 13.3. The fourth-order valence-corrected chi connectivity index (χ4v) is 6.59. The first-order valence-corrected chi connectivity index (χ1v) is 17.0. The maximum absolute atomic E-state index is 15.8. The number of rotatable bonds is 11. The highest BCUT2D eigenvalue weighted by Gasteiger charge is 2.36. The maximum Gasteiger partial charge on any atom is 0.276 e. The molecule has 1 saturated carbocycles. The van der Waals surface area contributed by atoms with Gasteiger partial charge in [0.1, 0.15) is 29.3 Å². The quantitative estimate of drug-likeness (QED) is 0.276. The van der Waals surface area contributed by atoms with Crippen molar-refractivity contribution in [1.29, 1.82) is 0 Å². The summed E-state index contributed by atoms with van der Waals surface area (Å²) in [6.07, 6.45) is 5.18. The van der Waals surface area contributed by atoms with E-state index in [0.29, 0.717) is 49.8 Å². The standard InChI is InChI=1S/C34H46FN9O5/c1-6-25-30(41-49-40-25)33(47)39-29(22-9-7-20(2)8-10-22)32(46)37-26-12-11-23(19-24(26)35)21(3)28(34(48)44-17-15-42(4)16-18-44)38-31(45)27-13-14-36-43(27)5/h11-14,19-22,28-29H,6-10,15-18H2,1-5H3,(H,37,46)(H,38,45)(H,39,47)/t20?,21-,22?,28+,29-/m0/s1. The first-order chi connectivity index (χ1) is 23.5. The molecule has 3 atom stereocenters. The molecule has 0 unspecified atom stereocenters. The molecule has 0 bridgehead atoms. The second-order valence-corrected chi connectivity index (χ2v) is 13.3. The molecule has 1 saturated heterocycles. The van der Waals surface area contributed by atoms with Crippen LogP contribution < -0.4 is 16.0 Å². The fraction of sp³-hybridized carbons (Fsp3) is 0.559. The van der Waals surface area contributed by atoms with Gasteiger partial charge in [-0.05, 0) is 67.1 Å². The van der Waals surface area contributed by atoms with Crippen LogP contribution in [-0.2, 0) is 23.1 Å². The van der Waals surface area contributed by atoms with E-state index in [1.807, 2.05) is 14.0 Å². The molecule has 3 aromatic rings. The number of hydrogen-bond donors (Lipinski definition) is 3. The minimum atomic E-state index is -0.988. The zero-order chi connectivity index (χ0) is 35.2. The molecule has 264 valence electrons. The van der Waals surface area contributed by atoms with Crippen molar-refractivity contribution in [2.75, 3.05) is 38.5 Å². The number of carbonyl (C=O) groups excluding carboxylic acids is 4. The minimum Gasteiger partial charge on any atom is -0.338 e. The Labute approximate surface area is 285 Å². The van der Waals surface area contributed by atoms with Crippen LogP contribution in [0.25, 0.3) is 0 Å². The molecule has 4 amide bonds. The van der Waals surface area contributed by atoms with Crippen LogP contribution in [0.4, 0.5) is 10.1 Å². The third kappa shape index (κ3) is 8.32. The smallest absolute Gasteiger partial charge is 0.276 e. The molecule has 2 aromatic heterocycles. The lowest BCUT2D eigenvalue weighted by Crippen LogP contribution is -2.55. The van der Waals surface area contributed by atoms with Crippen molar-refractivity contribution < 1.29 is 28.2 Å². The number of anilines is 1. The Morgan fingerprint density at radius 1 is 0.980 bits per heavy atom. The van der Waals surface area contributed by atoms with E-state index in [4.69, 9.17) is 4.63 Å². The number of hydrogen-bond acceptors (Lipinski definition) is 9. The lowest BCUT2D eigenvalue weighted by Gasteiger charge is -2.36. The minimum absolute atomic E-state index is 0.0187. The number of nitrogens with one attached hydrogen (secondary N) is 3. The van der Waals surface area contributed by atoms with Crippen LogP contribution in [0.2, 0.25) is 0 Å². The number of nitrogens with zero attached hydrogens (tertiary/aromatic N) is 6. The van der Waals surface area contributed by atoms with Gasteiger partial charge < -0.3 is 25.8 Å². The summed E-state index contributed by atoms with van der Waals surface area (Å²) in [5.74, 6) is -2.84. The van der Waals surface area contributed by atoms with E-state index in [9.17, 15) is 19.2 Å². The van der Waals surface area contributed by atoms with Crippen molar-refractivity contribution in [1.82, 2.24) is 40.5 Å². The topological polar surface area (TPSA) is 168 Å². The van der Waals surface area contributed by atoms with Crippen LogP contribution in [0.15, 0.2) is 35.1 Å². The predicted octanol–water partition coefficient (Wildman–Crippen LogP) is 2.74. The SMILES string of the molecule is CCc1nonc1C(=O)N[C@H](C(=O)Nc1ccc([C@H](C)[C@@H](NC(=O)c2ccnn2C)C(=O)N2CCN(C)CC2)cc1F)C1CCC(C)CC1. The molecule has 2 fully saturated rings. The van der Waals surface area contributed by atoms with Crippen LogP contribution in [-0.4, -0.2) is 98.8 Å². The molecule has 15 heteroatoms. The van der Waals surface area contributed by atoms with Crippen molar-refractivity contribution in [2.45, 2.75) is 70.9 Å². The molecule has 1 aliphatic heterocycles. The Morgan fingerprint density at radius 3 is 2.33 bits per heavy atom. The highest BCUT2D eigenvalue weighted by molar-refractivity contribution is 6.01. The van der Waals surface area contributed by atoms with Gasteiger partial charge >= 0.3 is 0 Å². The summed E-state index contributed by atoms with van der Waals surface area (Å²) in [7, 11) is 3.62. The lowest BCUT2D eigenvalue weighted by atomic mass is 9.79. The van der Waals surface area contributed by atoms with Crippen LogP contribution in [0.5, 0.6) is 0 Å². The summed E-state index contributed by atoms with van der Waals surface area (Å²) in [6, 6.07) is 3.98. The number of aromatic nitrogens is 4. The Bertz CT molecular complexity index is 1640. The van der Waals surface area contributed by atoms with Crippen molar-refractivity contribution >= 4 is 29.3 Å². The molecule has 0 radical (unpaired) electrons. The molecule has 3 N–H and O–H groups in total. The van der Waals surface area contributed by atoms with Crippen molar-refractivity contribution in [3.8, 4) is 0 Å². The summed E-state index contributed by atoms with van der Waals surface area (Å²) in [5.41, 5.74) is 1.08. The number of amides is 4. The molecule has 49 heavy (non-hydrogen) atoms. The van der Waals surface area contributed by atoms with E-state index in [0.717, 1.165) is 25.7 Å². The van der Waals surface area contributed by atoms with Gasteiger partial charge in [-0.25, -0.2) is 9.02 Å². The van der Waals surface area contributed by atoms with Gasteiger partial charge in [-0.15, -0.1) is 0 Å². The first-order valence-electron chi connectivity index (χ1n) is 17.0. The Kier molecular flexibility index (Phi) is 11.4. The summed E-state index contributed by atoms with van der Waals surface area (Å²) in [4.78, 5) is 57.8. The second kappa shape index (κ2) is 15.7. The Hall–Kier alpha value is -4.66.